The van der Waals surface area contributed by atoms with Crippen LogP contribution in [-0.2, 0) is 27.9 Å². The third kappa shape index (κ3) is 4.36. The fourth-order valence-corrected chi connectivity index (χ4v) is 5.22. The summed E-state index contributed by atoms with van der Waals surface area (Å²) in [6, 6.07) is 16.9. The van der Waals surface area contributed by atoms with E-state index in [4.69, 9.17) is 0 Å². The fraction of sp³-hybridized carbons (Fsp3) is 0.318. The number of nitrogens with one attached hydrogen (secondary N) is 1. The maximum absolute atomic E-state index is 12.6. The van der Waals surface area contributed by atoms with Gasteiger partial charge in [-0.15, -0.1) is 0 Å². The Labute approximate surface area is 171 Å². The molecule has 0 bridgehead atoms. The molecular formula is C22H25N3O3S. The molecular weight excluding hydrogens is 386 g/mol. The van der Waals surface area contributed by atoms with E-state index < -0.39 is 10.0 Å². The number of carbonyl (C=O) groups is 1. The molecule has 1 aromatic heterocycles. The molecule has 7 heteroatoms. The molecule has 152 valence electrons. The van der Waals surface area contributed by atoms with Crippen LogP contribution in [0, 0.1) is 0 Å². The standard InChI is InChI=1S/C22H25N3O3S/c26-22(12-16-24-15-11-19-5-1-2-6-21(19)24)23-17-18-7-9-20(10-8-18)29(27,28)25-13-3-4-14-25/h1-2,5-11,15H,3-4,12-14,16-17H2,(H,23,26). The van der Waals surface area contributed by atoms with Crippen molar-refractivity contribution in [2.75, 3.05) is 13.1 Å². The molecule has 0 spiro atoms. The first kappa shape index (κ1) is 19.7. The number of para-hydroxylation sites is 1. The van der Waals surface area contributed by atoms with Gasteiger partial charge in [0.15, 0.2) is 0 Å². The zero-order valence-corrected chi connectivity index (χ0v) is 17.1. The quantitative estimate of drug-likeness (QED) is 0.649. The van der Waals surface area contributed by atoms with Crippen LogP contribution in [0.3, 0.4) is 0 Å². The Morgan fingerprint density at radius 3 is 2.45 bits per heavy atom. The smallest absolute Gasteiger partial charge is 0.243 e. The second-order valence-corrected chi connectivity index (χ2v) is 9.29. The van der Waals surface area contributed by atoms with Gasteiger partial charge in [-0.1, -0.05) is 30.3 Å². The highest BCUT2D eigenvalue weighted by atomic mass is 32.2. The summed E-state index contributed by atoms with van der Waals surface area (Å²) in [5.74, 6) is -0.0310. The van der Waals surface area contributed by atoms with Gasteiger partial charge in [0, 0.05) is 44.3 Å². The van der Waals surface area contributed by atoms with Crippen molar-refractivity contribution in [2.45, 2.75) is 37.2 Å². The number of amides is 1. The van der Waals surface area contributed by atoms with Gasteiger partial charge in [-0.2, -0.15) is 4.31 Å². The SMILES string of the molecule is O=C(CCn1ccc2ccccc21)NCc1ccc(S(=O)(=O)N2CCCC2)cc1. The average molecular weight is 412 g/mol. The number of benzene rings is 2. The topological polar surface area (TPSA) is 71.4 Å². The Morgan fingerprint density at radius 1 is 0.966 bits per heavy atom. The van der Waals surface area contributed by atoms with Gasteiger partial charge in [0.1, 0.15) is 0 Å². The number of hydrogen-bond donors (Lipinski definition) is 1. The van der Waals surface area contributed by atoms with Crippen LogP contribution in [0.25, 0.3) is 10.9 Å². The molecule has 0 radical (unpaired) electrons. The summed E-state index contributed by atoms with van der Waals surface area (Å²) in [5, 5.41) is 4.07. The number of carbonyl (C=O) groups excluding carboxylic acids is 1. The molecule has 0 saturated carbocycles. The second kappa shape index (κ2) is 8.39. The van der Waals surface area contributed by atoms with Gasteiger partial charge >= 0.3 is 0 Å². The number of aromatic nitrogens is 1. The molecule has 2 heterocycles. The number of sulfonamides is 1. The summed E-state index contributed by atoms with van der Waals surface area (Å²) in [4.78, 5) is 12.5. The molecule has 4 rings (SSSR count). The van der Waals surface area contributed by atoms with Crippen LogP contribution in [-0.4, -0.2) is 36.3 Å². The van der Waals surface area contributed by atoms with Gasteiger partial charge in [-0.3, -0.25) is 4.79 Å². The van der Waals surface area contributed by atoms with Gasteiger partial charge in [-0.25, -0.2) is 8.42 Å². The molecule has 1 aliphatic heterocycles. The summed E-state index contributed by atoms with van der Waals surface area (Å²) < 4.78 is 28.7. The maximum Gasteiger partial charge on any atom is 0.243 e. The minimum Gasteiger partial charge on any atom is -0.352 e. The van der Waals surface area contributed by atoms with Gasteiger partial charge < -0.3 is 9.88 Å². The number of hydrogen-bond acceptors (Lipinski definition) is 3. The van der Waals surface area contributed by atoms with E-state index in [1.54, 1.807) is 24.3 Å². The van der Waals surface area contributed by atoms with E-state index in [2.05, 4.69) is 16.0 Å². The third-order valence-corrected chi connectivity index (χ3v) is 7.29. The normalized spacial score (nSPS) is 15.0. The lowest BCUT2D eigenvalue weighted by atomic mass is 10.2. The van der Waals surface area contributed by atoms with Crippen molar-refractivity contribution in [3.63, 3.8) is 0 Å². The maximum atomic E-state index is 12.6. The molecule has 0 unspecified atom stereocenters. The van der Waals surface area contributed by atoms with Crippen molar-refractivity contribution < 1.29 is 13.2 Å². The van der Waals surface area contributed by atoms with Crippen molar-refractivity contribution in [2.24, 2.45) is 0 Å². The molecule has 29 heavy (non-hydrogen) atoms. The van der Waals surface area contributed by atoms with E-state index in [0.717, 1.165) is 29.3 Å². The van der Waals surface area contributed by atoms with E-state index >= 15 is 0 Å². The number of fused-ring (bicyclic) bond motifs is 1. The zero-order valence-electron chi connectivity index (χ0n) is 16.3. The van der Waals surface area contributed by atoms with E-state index in [1.165, 1.54) is 4.31 Å². The predicted octanol–water partition coefficient (Wildman–Crippen LogP) is 3.13. The Hall–Kier alpha value is -2.64. The first-order valence-electron chi connectivity index (χ1n) is 9.94. The molecule has 1 N–H and O–H groups in total. The minimum absolute atomic E-state index is 0.0310. The van der Waals surface area contributed by atoms with Crippen LogP contribution >= 0.6 is 0 Å². The van der Waals surface area contributed by atoms with Crippen LogP contribution in [0.1, 0.15) is 24.8 Å². The Balaban J connectivity index is 1.30. The van der Waals surface area contributed by atoms with E-state index in [1.807, 2.05) is 30.5 Å². The average Bonchev–Trinajstić information content (AvgIpc) is 3.42. The summed E-state index contributed by atoms with van der Waals surface area (Å²) in [7, 11) is -3.40. The Morgan fingerprint density at radius 2 is 1.69 bits per heavy atom. The Bertz CT molecular complexity index is 1100. The molecule has 1 fully saturated rings. The lowest BCUT2D eigenvalue weighted by molar-refractivity contribution is -0.121. The van der Waals surface area contributed by atoms with Gasteiger partial charge in [0.2, 0.25) is 15.9 Å². The van der Waals surface area contributed by atoms with E-state index in [0.29, 0.717) is 37.5 Å². The van der Waals surface area contributed by atoms with Gasteiger partial charge in [0.05, 0.1) is 4.90 Å². The molecule has 2 aromatic carbocycles. The highest BCUT2D eigenvalue weighted by molar-refractivity contribution is 7.89. The molecule has 1 aliphatic rings. The molecule has 1 saturated heterocycles. The first-order valence-corrected chi connectivity index (χ1v) is 11.4. The van der Waals surface area contributed by atoms with Crippen molar-refractivity contribution in [3.05, 3.63) is 66.4 Å². The van der Waals surface area contributed by atoms with Crippen molar-refractivity contribution >= 4 is 26.8 Å². The molecule has 3 aromatic rings. The minimum atomic E-state index is -3.40. The van der Waals surface area contributed by atoms with Crippen LogP contribution in [0.4, 0.5) is 0 Å². The van der Waals surface area contributed by atoms with Crippen LogP contribution < -0.4 is 5.32 Å². The largest absolute Gasteiger partial charge is 0.352 e. The summed E-state index contributed by atoms with van der Waals surface area (Å²) in [5.41, 5.74) is 2.00. The molecule has 0 atom stereocenters. The second-order valence-electron chi connectivity index (χ2n) is 7.35. The predicted molar refractivity (Wildman–Crippen MR) is 113 cm³/mol. The first-order chi connectivity index (χ1) is 14.0. The van der Waals surface area contributed by atoms with Crippen LogP contribution in [0.15, 0.2) is 65.7 Å². The lowest BCUT2D eigenvalue weighted by Crippen LogP contribution is -2.28. The summed E-state index contributed by atoms with van der Waals surface area (Å²) in [6.45, 7) is 2.19. The number of nitrogens with zero attached hydrogens (tertiary/aromatic N) is 2. The van der Waals surface area contributed by atoms with Crippen LogP contribution in [0.5, 0.6) is 0 Å². The molecule has 6 nitrogen and oxygen atoms in total. The highest BCUT2D eigenvalue weighted by Crippen LogP contribution is 2.21. The van der Waals surface area contributed by atoms with Crippen LogP contribution in [0.2, 0.25) is 0 Å². The Kier molecular flexibility index (Phi) is 5.69. The summed E-state index contributed by atoms with van der Waals surface area (Å²) in [6.07, 6.45) is 4.22. The summed E-state index contributed by atoms with van der Waals surface area (Å²) >= 11 is 0. The highest BCUT2D eigenvalue weighted by Gasteiger charge is 2.26. The number of aryl methyl sites for hydroxylation is 1. The number of rotatable bonds is 7. The zero-order chi connectivity index (χ0) is 20.3. The van der Waals surface area contributed by atoms with Gasteiger partial charge in [-0.05, 0) is 48.1 Å². The fourth-order valence-electron chi connectivity index (χ4n) is 3.70. The lowest BCUT2D eigenvalue weighted by Gasteiger charge is -2.15. The van der Waals surface area contributed by atoms with Gasteiger partial charge in [0.25, 0.3) is 0 Å². The van der Waals surface area contributed by atoms with Crippen molar-refractivity contribution in [1.82, 2.24) is 14.2 Å². The van der Waals surface area contributed by atoms with E-state index in [-0.39, 0.29) is 5.91 Å². The van der Waals surface area contributed by atoms with Crippen molar-refractivity contribution in [3.8, 4) is 0 Å². The molecule has 1 amide bonds. The molecule has 0 aliphatic carbocycles. The monoisotopic (exact) mass is 411 g/mol. The third-order valence-electron chi connectivity index (χ3n) is 5.38. The van der Waals surface area contributed by atoms with Crippen molar-refractivity contribution in [1.29, 1.82) is 0 Å². The van der Waals surface area contributed by atoms with E-state index in [9.17, 15) is 13.2 Å².